The molecule has 0 saturated carbocycles. The molecule has 6 aromatic rings. The number of aromatic nitrogens is 2. The van der Waals surface area contributed by atoms with E-state index in [1.807, 2.05) is 0 Å². The van der Waals surface area contributed by atoms with Gasteiger partial charge in [-0.3, -0.25) is 0 Å². The number of benzene rings is 4. The number of aromatic amines is 1. The predicted molar refractivity (Wildman–Crippen MR) is 173 cm³/mol. The van der Waals surface area contributed by atoms with Crippen molar-refractivity contribution in [2.45, 2.75) is 26.3 Å². The number of H-pyrrole nitrogens is 1. The SMILES string of the molecule is Brc1ccc2c(c1)Cc1c-2[nH]c2ccc(Br)cc12.CCn1c2c(c3cc(Br)ccc31)Cc1cc(Br)ccc1-2. The summed E-state index contributed by atoms with van der Waals surface area (Å²) in [6.45, 7) is 3.22. The first kappa shape index (κ1) is 24.9. The van der Waals surface area contributed by atoms with Crippen molar-refractivity contribution in [3.05, 3.63) is 113 Å². The Balaban J connectivity index is 0.000000128. The van der Waals surface area contributed by atoms with Gasteiger partial charge in [-0.05, 0) is 89.8 Å². The fourth-order valence-electron chi connectivity index (χ4n) is 6.12. The highest BCUT2D eigenvalue weighted by Crippen LogP contribution is 2.44. The van der Waals surface area contributed by atoms with Crippen LogP contribution < -0.4 is 0 Å². The monoisotopic (exact) mass is 750 g/mol. The summed E-state index contributed by atoms with van der Waals surface area (Å²) < 4.78 is 7.04. The lowest BCUT2D eigenvalue weighted by Gasteiger charge is -2.08. The minimum Gasteiger partial charge on any atom is -0.354 e. The van der Waals surface area contributed by atoms with Crippen LogP contribution >= 0.6 is 63.7 Å². The lowest BCUT2D eigenvalue weighted by atomic mass is 10.1. The number of fused-ring (bicyclic) bond motifs is 10. The molecule has 8 rings (SSSR count). The van der Waals surface area contributed by atoms with Crippen LogP contribution in [0.3, 0.4) is 0 Å². The molecule has 188 valence electrons. The van der Waals surface area contributed by atoms with E-state index < -0.39 is 0 Å². The summed E-state index contributed by atoms with van der Waals surface area (Å²) in [5, 5.41) is 2.70. The molecule has 0 amide bonds. The molecule has 2 nitrogen and oxygen atoms in total. The van der Waals surface area contributed by atoms with E-state index in [-0.39, 0.29) is 0 Å². The van der Waals surface area contributed by atoms with Gasteiger partial charge in [0.25, 0.3) is 0 Å². The summed E-state index contributed by atoms with van der Waals surface area (Å²) in [5.74, 6) is 0. The second kappa shape index (κ2) is 9.51. The Kier molecular flexibility index (Phi) is 6.23. The fraction of sp³-hybridized carbons (Fsp3) is 0.125. The largest absolute Gasteiger partial charge is 0.354 e. The van der Waals surface area contributed by atoms with E-state index in [1.165, 1.54) is 66.6 Å². The maximum Gasteiger partial charge on any atom is 0.0530 e. The zero-order valence-electron chi connectivity index (χ0n) is 20.5. The first-order valence-corrected chi connectivity index (χ1v) is 15.8. The van der Waals surface area contributed by atoms with Crippen molar-refractivity contribution in [2.75, 3.05) is 0 Å². The molecule has 2 aromatic heterocycles. The molecule has 0 bridgehead atoms. The third kappa shape index (κ3) is 3.98. The van der Waals surface area contributed by atoms with Gasteiger partial charge in [-0.1, -0.05) is 75.9 Å². The van der Waals surface area contributed by atoms with Gasteiger partial charge in [0, 0.05) is 70.2 Å². The van der Waals surface area contributed by atoms with Gasteiger partial charge in [-0.25, -0.2) is 0 Å². The molecule has 2 heterocycles. The summed E-state index contributed by atoms with van der Waals surface area (Å²) in [7, 11) is 0. The van der Waals surface area contributed by atoms with Crippen molar-refractivity contribution < 1.29 is 0 Å². The summed E-state index contributed by atoms with van der Waals surface area (Å²) in [6, 6.07) is 26.2. The van der Waals surface area contributed by atoms with Gasteiger partial charge in [0.2, 0.25) is 0 Å². The Bertz CT molecular complexity index is 1910. The quantitative estimate of drug-likeness (QED) is 0.172. The third-order valence-corrected chi connectivity index (χ3v) is 9.68. The molecule has 4 aromatic carbocycles. The minimum absolute atomic E-state index is 1.00. The van der Waals surface area contributed by atoms with Gasteiger partial charge in [0.15, 0.2) is 0 Å². The van der Waals surface area contributed by atoms with Gasteiger partial charge in [0.1, 0.15) is 0 Å². The Hall–Kier alpha value is -2.12. The van der Waals surface area contributed by atoms with Crippen LogP contribution in [0.25, 0.3) is 44.3 Å². The van der Waals surface area contributed by atoms with Crippen LogP contribution in [-0.4, -0.2) is 9.55 Å². The molecule has 2 aliphatic rings. The van der Waals surface area contributed by atoms with Crippen LogP contribution in [0.5, 0.6) is 0 Å². The van der Waals surface area contributed by atoms with Crippen molar-refractivity contribution in [1.82, 2.24) is 9.55 Å². The molecule has 0 atom stereocenters. The number of hydrogen-bond acceptors (Lipinski definition) is 0. The van der Waals surface area contributed by atoms with Crippen molar-refractivity contribution in [3.63, 3.8) is 0 Å². The Labute approximate surface area is 255 Å². The van der Waals surface area contributed by atoms with Crippen molar-refractivity contribution in [2.24, 2.45) is 0 Å². The standard InChI is InChI=1S/C17H13Br2N.C15H9Br2N/c1-2-20-16-6-4-12(19)9-14(16)15-8-10-7-11(18)3-5-13(10)17(15)20;16-9-1-3-11-8(5-9)6-13-12-7-10(17)2-4-14(12)18-15(11)13/h3-7,9H,2,8H2,1H3;1-5,7,18H,6H2. The molecular weight excluding hydrogens is 732 g/mol. The summed E-state index contributed by atoms with van der Waals surface area (Å²) in [5.41, 5.74) is 13.7. The van der Waals surface area contributed by atoms with Crippen LogP contribution in [0.15, 0.2) is 90.7 Å². The molecule has 2 aliphatic carbocycles. The van der Waals surface area contributed by atoms with Crippen LogP contribution in [0.2, 0.25) is 0 Å². The van der Waals surface area contributed by atoms with Crippen molar-refractivity contribution in [1.29, 1.82) is 0 Å². The van der Waals surface area contributed by atoms with Gasteiger partial charge >= 0.3 is 0 Å². The van der Waals surface area contributed by atoms with Crippen LogP contribution in [0.1, 0.15) is 29.2 Å². The highest BCUT2D eigenvalue weighted by Gasteiger charge is 2.26. The second-order valence-electron chi connectivity index (χ2n) is 9.86. The first-order valence-electron chi connectivity index (χ1n) is 12.6. The number of halogens is 4. The minimum atomic E-state index is 1.00. The predicted octanol–water partition coefficient (Wildman–Crippen LogP) is 11.0. The van der Waals surface area contributed by atoms with Gasteiger partial charge in [0.05, 0.1) is 11.4 Å². The maximum atomic E-state index is 3.60. The van der Waals surface area contributed by atoms with Crippen LogP contribution in [0, 0.1) is 0 Å². The van der Waals surface area contributed by atoms with Gasteiger partial charge < -0.3 is 9.55 Å². The molecule has 6 heteroatoms. The lowest BCUT2D eigenvalue weighted by Crippen LogP contribution is -1.96. The summed E-state index contributed by atoms with van der Waals surface area (Å²) in [4.78, 5) is 3.54. The van der Waals surface area contributed by atoms with E-state index in [0.717, 1.165) is 37.3 Å². The van der Waals surface area contributed by atoms with E-state index in [0.29, 0.717) is 0 Å². The average Bonchev–Trinajstić information content (AvgIpc) is 3.61. The molecule has 0 spiro atoms. The molecule has 0 radical (unpaired) electrons. The zero-order chi connectivity index (χ0) is 26.1. The second-order valence-corrected chi connectivity index (χ2v) is 13.5. The summed E-state index contributed by atoms with van der Waals surface area (Å²) in [6.07, 6.45) is 2.05. The number of aryl methyl sites for hydroxylation is 1. The molecule has 0 aliphatic heterocycles. The number of nitrogens with zero attached hydrogens (tertiary/aromatic N) is 1. The molecule has 0 saturated heterocycles. The number of nitrogens with one attached hydrogen (secondary N) is 1. The molecule has 0 fully saturated rings. The topological polar surface area (TPSA) is 20.7 Å². The third-order valence-electron chi connectivity index (χ3n) is 7.71. The number of hydrogen-bond donors (Lipinski definition) is 1. The van der Waals surface area contributed by atoms with E-state index in [9.17, 15) is 0 Å². The molecule has 0 unspecified atom stereocenters. The van der Waals surface area contributed by atoms with E-state index in [1.54, 1.807) is 0 Å². The first-order chi connectivity index (χ1) is 18.4. The lowest BCUT2D eigenvalue weighted by molar-refractivity contribution is 0.805. The van der Waals surface area contributed by atoms with Gasteiger partial charge in [-0.2, -0.15) is 0 Å². The highest BCUT2D eigenvalue weighted by atomic mass is 79.9. The number of rotatable bonds is 1. The molecular formula is C32H22Br4N2. The van der Waals surface area contributed by atoms with E-state index >= 15 is 0 Å². The smallest absolute Gasteiger partial charge is 0.0530 e. The maximum absolute atomic E-state index is 3.60. The Morgan fingerprint density at radius 3 is 1.97 bits per heavy atom. The highest BCUT2D eigenvalue weighted by molar-refractivity contribution is 9.11. The summed E-state index contributed by atoms with van der Waals surface area (Å²) >= 11 is 14.3. The fourth-order valence-corrected chi connectivity index (χ4v) is 7.66. The van der Waals surface area contributed by atoms with E-state index in [2.05, 4.69) is 153 Å². The van der Waals surface area contributed by atoms with Gasteiger partial charge in [-0.15, -0.1) is 0 Å². The average molecular weight is 754 g/mol. The zero-order valence-corrected chi connectivity index (χ0v) is 26.9. The van der Waals surface area contributed by atoms with Crippen LogP contribution in [0.4, 0.5) is 0 Å². The molecule has 38 heavy (non-hydrogen) atoms. The van der Waals surface area contributed by atoms with Crippen molar-refractivity contribution in [3.8, 4) is 22.5 Å². The Morgan fingerprint density at radius 2 is 1.24 bits per heavy atom. The van der Waals surface area contributed by atoms with Crippen LogP contribution in [-0.2, 0) is 19.4 Å². The molecule has 1 N–H and O–H groups in total. The normalized spacial score (nSPS) is 12.8. The Morgan fingerprint density at radius 1 is 0.658 bits per heavy atom. The van der Waals surface area contributed by atoms with E-state index in [4.69, 9.17) is 0 Å². The van der Waals surface area contributed by atoms with Crippen molar-refractivity contribution >= 4 is 85.5 Å².